The molecule has 1 aromatic rings. The largest absolute Gasteiger partial charge is 0.349 e. The molecule has 0 spiro atoms. The van der Waals surface area contributed by atoms with E-state index in [-0.39, 0.29) is 23.7 Å². The predicted octanol–water partition coefficient (Wildman–Crippen LogP) is 3.31. The lowest BCUT2D eigenvalue weighted by Crippen LogP contribution is -2.37. The molecule has 1 aliphatic carbocycles. The quantitative estimate of drug-likeness (QED) is 0.837. The first-order valence-electron chi connectivity index (χ1n) is 7.02. The van der Waals surface area contributed by atoms with Crippen LogP contribution in [0, 0.1) is 11.7 Å². The SMILES string of the molecule is C[C@@H](NC(=O)[C@H]1CC[C@H](NCl)CC1)c1ccc(F)cc1. The number of carbonyl (C=O) groups is 1. The maximum atomic E-state index is 12.9. The smallest absolute Gasteiger partial charge is 0.223 e. The van der Waals surface area contributed by atoms with Crippen molar-refractivity contribution in [1.29, 1.82) is 0 Å². The maximum absolute atomic E-state index is 12.9. The Labute approximate surface area is 124 Å². The topological polar surface area (TPSA) is 41.1 Å². The fraction of sp³-hybridized carbons (Fsp3) is 0.533. The van der Waals surface area contributed by atoms with Crippen LogP contribution in [-0.2, 0) is 4.79 Å². The van der Waals surface area contributed by atoms with Gasteiger partial charge in [0.25, 0.3) is 0 Å². The molecule has 0 aliphatic heterocycles. The van der Waals surface area contributed by atoms with Gasteiger partial charge in [-0.15, -0.1) is 0 Å². The highest BCUT2D eigenvalue weighted by Gasteiger charge is 2.26. The van der Waals surface area contributed by atoms with Crippen molar-refractivity contribution in [2.75, 3.05) is 0 Å². The molecule has 0 heterocycles. The first-order valence-corrected chi connectivity index (χ1v) is 7.40. The number of amides is 1. The number of benzene rings is 1. The Bertz CT molecular complexity index is 444. The summed E-state index contributed by atoms with van der Waals surface area (Å²) in [6.07, 6.45) is 3.55. The standard InChI is InChI=1S/C15H20ClFN2O/c1-10(11-2-6-13(17)7-3-11)18-15(20)12-4-8-14(19-16)9-5-12/h2-3,6-7,10,12,14,19H,4-5,8-9H2,1H3,(H,18,20)/t10-,12-,14-/m1/s1. The van der Waals surface area contributed by atoms with E-state index in [1.165, 1.54) is 12.1 Å². The average molecular weight is 299 g/mol. The van der Waals surface area contributed by atoms with E-state index >= 15 is 0 Å². The molecule has 3 nitrogen and oxygen atoms in total. The van der Waals surface area contributed by atoms with Gasteiger partial charge in [0.15, 0.2) is 0 Å². The molecular weight excluding hydrogens is 279 g/mol. The first kappa shape index (κ1) is 15.3. The van der Waals surface area contributed by atoms with Crippen LogP contribution < -0.4 is 10.2 Å². The van der Waals surface area contributed by atoms with E-state index in [1.807, 2.05) is 6.92 Å². The van der Waals surface area contributed by atoms with Crippen molar-refractivity contribution >= 4 is 17.7 Å². The summed E-state index contributed by atoms with van der Waals surface area (Å²) in [6, 6.07) is 6.44. The lowest BCUT2D eigenvalue weighted by molar-refractivity contribution is -0.126. The molecule has 5 heteroatoms. The molecule has 110 valence electrons. The molecule has 2 rings (SSSR count). The van der Waals surface area contributed by atoms with E-state index < -0.39 is 0 Å². The predicted molar refractivity (Wildman–Crippen MR) is 77.7 cm³/mol. The normalized spacial score (nSPS) is 24.1. The summed E-state index contributed by atoms with van der Waals surface area (Å²) in [4.78, 5) is 14.9. The molecular formula is C15H20ClFN2O. The van der Waals surface area contributed by atoms with Crippen molar-refractivity contribution in [1.82, 2.24) is 10.2 Å². The highest BCUT2D eigenvalue weighted by atomic mass is 35.5. The van der Waals surface area contributed by atoms with Crippen LogP contribution in [0.25, 0.3) is 0 Å². The van der Waals surface area contributed by atoms with Gasteiger partial charge >= 0.3 is 0 Å². The molecule has 1 aromatic carbocycles. The lowest BCUT2D eigenvalue weighted by Gasteiger charge is -2.27. The fourth-order valence-electron chi connectivity index (χ4n) is 2.63. The van der Waals surface area contributed by atoms with Crippen LogP contribution in [0.1, 0.15) is 44.2 Å². The molecule has 2 N–H and O–H groups in total. The van der Waals surface area contributed by atoms with Crippen molar-refractivity contribution in [3.05, 3.63) is 35.6 Å². The van der Waals surface area contributed by atoms with Crippen molar-refractivity contribution < 1.29 is 9.18 Å². The summed E-state index contributed by atoms with van der Waals surface area (Å²) >= 11 is 5.60. The van der Waals surface area contributed by atoms with Gasteiger partial charge in [-0.05, 0) is 62.1 Å². The van der Waals surface area contributed by atoms with E-state index in [0.717, 1.165) is 31.2 Å². The third-order valence-corrected chi connectivity index (χ3v) is 4.29. The van der Waals surface area contributed by atoms with Crippen molar-refractivity contribution in [2.45, 2.75) is 44.7 Å². The van der Waals surface area contributed by atoms with E-state index in [4.69, 9.17) is 11.8 Å². The number of carbonyl (C=O) groups excluding carboxylic acids is 1. The van der Waals surface area contributed by atoms with Crippen LogP contribution in [0.15, 0.2) is 24.3 Å². The molecule has 0 aromatic heterocycles. The van der Waals surface area contributed by atoms with Gasteiger partial charge < -0.3 is 5.32 Å². The van der Waals surface area contributed by atoms with Crippen molar-refractivity contribution in [2.24, 2.45) is 5.92 Å². The van der Waals surface area contributed by atoms with E-state index in [9.17, 15) is 9.18 Å². The number of nitrogens with one attached hydrogen (secondary N) is 2. The molecule has 0 saturated heterocycles. The van der Waals surface area contributed by atoms with Gasteiger partial charge in [0.1, 0.15) is 5.82 Å². The number of halogens is 2. The van der Waals surface area contributed by atoms with Crippen LogP contribution in [-0.4, -0.2) is 11.9 Å². The van der Waals surface area contributed by atoms with E-state index in [2.05, 4.69) is 10.2 Å². The zero-order valence-electron chi connectivity index (χ0n) is 11.5. The minimum absolute atomic E-state index is 0.0548. The summed E-state index contributed by atoms with van der Waals surface area (Å²) in [7, 11) is 0. The van der Waals surface area contributed by atoms with Crippen LogP contribution in [0.5, 0.6) is 0 Å². The zero-order chi connectivity index (χ0) is 14.5. The van der Waals surface area contributed by atoms with Gasteiger partial charge in [-0.25, -0.2) is 9.23 Å². The van der Waals surface area contributed by atoms with Gasteiger partial charge in [-0.1, -0.05) is 12.1 Å². The summed E-state index contributed by atoms with van der Waals surface area (Å²) in [6.45, 7) is 1.91. The summed E-state index contributed by atoms with van der Waals surface area (Å²) < 4.78 is 12.9. The Kier molecular flexibility index (Phi) is 5.38. The Morgan fingerprint density at radius 3 is 2.40 bits per heavy atom. The van der Waals surface area contributed by atoms with Gasteiger partial charge in [0, 0.05) is 12.0 Å². The molecule has 0 unspecified atom stereocenters. The summed E-state index contributed by atoms with van der Waals surface area (Å²) in [5, 5.41) is 3.00. The van der Waals surface area contributed by atoms with Crippen LogP contribution >= 0.6 is 11.8 Å². The molecule has 1 amide bonds. The van der Waals surface area contributed by atoms with E-state index in [0.29, 0.717) is 6.04 Å². The molecule has 0 radical (unpaired) electrons. The molecule has 20 heavy (non-hydrogen) atoms. The van der Waals surface area contributed by atoms with Crippen LogP contribution in [0.3, 0.4) is 0 Å². The lowest BCUT2D eigenvalue weighted by atomic mass is 9.85. The Morgan fingerprint density at radius 2 is 1.85 bits per heavy atom. The summed E-state index contributed by atoms with van der Waals surface area (Å²) in [5.74, 6) is -0.131. The molecule has 1 saturated carbocycles. The van der Waals surface area contributed by atoms with E-state index in [1.54, 1.807) is 12.1 Å². The second-order valence-corrected chi connectivity index (χ2v) is 5.66. The average Bonchev–Trinajstić information content (AvgIpc) is 2.48. The third kappa shape index (κ3) is 3.93. The maximum Gasteiger partial charge on any atom is 0.223 e. The Hall–Kier alpha value is -1.13. The number of hydrogen-bond acceptors (Lipinski definition) is 2. The Morgan fingerprint density at radius 1 is 1.25 bits per heavy atom. The second-order valence-electron chi connectivity index (χ2n) is 5.44. The monoisotopic (exact) mass is 298 g/mol. The van der Waals surface area contributed by atoms with Gasteiger partial charge in [-0.2, -0.15) is 0 Å². The van der Waals surface area contributed by atoms with Gasteiger partial charge in [-0.3, -0.25) is 4.79 Å². The van der Waals surface area contributed by atoms with Crippen molar-refractivity contribution in [3.63, 3.8) is 0 Å². The fourth-order valence-corrected chi connectivity index (χ4v) is 2.85. The van der Waals surface area contributed by atoms with Crippen molar-refractivity contribution in [3.8, 4) is 0 Å². The second kappa shape index (κ2) is 7.04. The molecule has 1 aliphatic rings. The molecule has 1 fully saturated rings. The Balaban J connectivity index is 1.86. The number of rotatable bonds is 4. The molecule has 0 bridgehead atoms. The zero-order valence-corrected chi connectivity index (χ0v) is 12.3. The third-order valence-electron chi connectivity index (χ3n) is 3.98. The van der Waals surface area contributed by atoms with Crippen LogP contribution in [0.4, 0.5) is 4.39 Å². The van der Waals surface area contributed by atoms with Gasteiger partial charge in [0.2, 0.25) is 5.91 Å². The van der Waals surface area contributed by atoms with Crippen LogP contribution in [0.2, 0.25) is 0 Å². The van der Waals surface area contributed by atoms with Gasteiger partial charge in [0.05, 0.1) is 6.04 Å². The molecule has 1 atom stereocenters. The highest BCUT2D eigenvalue weighted by Crippen LogP contribution is 2.25. The summed E-state index contributed by atoms with van der Waals surface area (Å²) in [5.41, 5.74) is 0.913. The minimum atomic E-state index is -0.265. The highest BCUT2D eigenvalue weighted by molar-refractivity contribution is 6.13. The first-order chi connectivity index (χ1) is 9.60. The minimum Gasteiger partial charge on any atom is -0.349 e. The number of hydrogen-bond donors (Lipinski definition) is 2.